The zero-order chi connectivity index (χ0) is 24.6. The van der Waals surface area contributed by atoms with Gasteiger partial charge in [0.25, 0.3) is 5.84 Å². The molecule has 1 heterocycles. The van der Waals surface area contributed by atoms with Crippen LogP contribution in [0, 0.1) is 0 Å². The fraction of sp³-hybridized carbons (Fsp3) is 0.833. The van der Waals surface area contributed by atoms with Crippen LogP contribution in [0.5, 0.6) is 0 Å². The van der Waals surface area contributed by atoms with Gasteiger partial charge in [0.2, 0.25) is 5.78 Å². The molecule has 2 N–H and O–H groups in total. The minimum atomic E-state index is -4.58. The summed E-state index contributed by atoms with van der Waals surface area (Å²) in [6, 6.07) is 0. The fourth-order valence-electron chi connectivity index (χ4n) is 4.51. The van der Waals surface area contributed by atoms with Gasteiger partial charge in [0, 0.05) is 6.42 Å². The Hall–Kier alpha value is -0.130. The second-order valence-electron chi connectivity index (χ2n) is 9.11. The van der Waals surface area contributed by atoms with Crippen LogP contribution in [-0.2, 0) is 14.9 Å². The molecule has 192 valence electrons. The molecule has 0 saturated carbocycles. The van der Waals surface area contributed by atoms with Crippen LogP contribution in [0.4, 0.5) is 0 Å². The van der Waals surface area contributed by atoms with Crippen molar-refractivity contribution in [2.24, 2.45) is 4.99 Å². The average Bonchev–Trinajstić information content (AvgIpc) is 3.13. The number of allylic oxidation sites excluding steroid dienone is 2. The molecule has 8 nitrogen and oxygen atoms in total. The van der Waals surface area contributed by atoms with Crippen LogP contribution < -0.4 is 29.6 Å². The van der Waals surface area contributed by atoms with Gasteiger partial charge in [-0.2, -0.15) is 0 Å². The SMILES string of the molecule is CC/C=C/CCCCCCCCCCCC(=O)C1=NCC[N+]1(CCO)CC(O)CS(=O)(=O)[O-].[Na+]. The molecule has 0 aliphatic carbocycles. The van der Waals surface area contributed by atoms with E-state index in [-0.39, 0.29) is 59.5 Å². The third-order valence-corrected chi connectivity index (χ3v) is 6.94. The number of carbonyl (C=O) groups is 1. The number of rotatable bonds is 20. The number of Topliss-reactive ketones (excluding diaryl/α,β-unsaturated/α-hetero) is 1. The molecule has 10 heteroatoms. The van der Waals surface area contributed by atoms with E-state index in [0.29, 0.717) is 25.3 Å². The molecule has 0 aromatic heterocycles. The molecule has 0 bridgehead atoms. The largest absolute Gasteiger partial charge is 1.00 e. The maximum atomic E-state index is 12.8. The third-order valence-electron chi connectivity index (χ3n) is 6.15. The van der Waals surface area contributed by atoms with Gasteiger partial charge in [-0.1, -0.05) is 64.0 Å². The Labute approximate surface area is 228 Å². The van der Waals surface area contributed by atoms with Crippen molar-refractivity contribution in [2.45, 2.75) is 90.1 Å². The third kappa shape index (κ3) is 14.4. The van der Waals surface area contributed by atoms with Crippen LogP contribution in [-0.4, -0.2) is 83.9 Å². The zero-order valence-electron chi connectivity index (χ0n) is 21.3. The van der Waals surface area contributed by atoms with Crippen LogP contribution in [0.2, 0.25) is 0 Å². The monoisotopic (exact) mass is 511 g/mol. The summed E-state index contributed by atoms with van der Waals surface area (Å²) >= 11 is 0. The van der Waals surface area contributed by atoms with E-state index < -0.39 is 22.0 Å². The second-order valence-corrected chi connectivity index (χ2v) is 10.6. The molecule has 0 amide bonds. The topological polar surface area (TPSA) is 127 Å². The molecule has 1 aliphatic heterocycles. The minimum absolute atomic E-state index is 0. The minimum Gasteiger partial charge on any atom is -0.748 e. The van der Waals surface area contributed by atoms with Gasteiger partial charge in [0.05, 0.1) is 29.0 Å². The fourth-order valence-corrected chi connectivity index (χ4v) is 5.08. The molecule has 0 radical (unpaired) electrons. The van der Waals surface area contributed by atoms with Crippen molar-refractivity contribution in [1.29, 1.82) is 0 Å². The Morgan fingerprint density at radius 3 is 2.24 bits per heavy atom. The van der Waals surface area contributed by atoms with Gasteiger partial charge in [-0.25, -0.2) is 13.4 Å². The van der Waals surface area contributed by atoms with Gasteiger partial charge >= 0.3 is 29.6 Å². The summed E-state index contributed by atoms with van der Waals surface area (Å²) in [5.41, 5.74) is 0. The van der Waals surface area contributed by atoms with Crippen molar-refractivity contribution in [2.75, 3.05) is 38.5 Å². The maximum absolute atomic E-state index is 12.8. The number of amidine groups is 1. The molecule has 2 unspecified atom stereocenters. The van der Waals surface area contributed by atoms with Crippen LogP contribution in [0.3, 0.4) is 0 Å². The van der Waals surface area contributed by atoms with E-state index in [9.17, 15) is 28.0 Å². The van der Waals surface area contributed by atoms with E-state index in [1.165, 1.54) is 44.9 Å². The van der Waals surface area contributed by atoms with E-state index in [1.807, 2.05) is 0 Å². The summed E-state index contributed by atoms with van der Waals surface area (Å²) in [6.45, 7) is 2.77. The Bertz CT molecular complexity index is 729. The first-order valence-electron chi connectivity index (χ1n) is 12.6. The van der Waals surface area contributed by atoms with Crippen LogP contribution in [0.1, 0.15) is 84.0 Å². The number of hydrogen-bond donors (Lipinski definition) is 2. The molecule has 2 atom stereocenters. The Balaban J connectivity index is 0.0000109. The van der Waals surface area contributed by atoms with Gasteiger partial charge in [0.1, 0.15) is 25.7 Å². The Morgan fingerprint density at radius 1 is 1.09 bits per heavy atom. The van der Waals surface area contributed by atoms with Crippen molar-refractivity contribution >= 4 is 21.7 Å². The van der Waals surface area contributed by atoms with E-state index >= 15 is 0 Å². The van der Waals surface area contributed by atoms with Crippen molar-refractivity contribution in [3.63, 3.8) is 0 Å². The first kappa shape index (κ1) is 33.9. The number of quaternary nitrogens is 1. The summed E-state index contributed by atoms with van der Waals surface area (Å²) in [5, 5.41) is 19.6. The van der Waals surface area contributed by atoms with Crippen LogP contribution in [0.15, 0.2) is 17.1 Å². The normalized spacial score (nSPS) is 19.2. The van der Waals surface area contributed by atoms with Crippen molar-refractivity contribution in [1.82, 2.24) is 0 Å². The van der Waals surface area contributed by atoms with Crippen molar-refractivity contribution in [3.05, 3.63) is 12.2 Å². The van der Waals surface area contributed by atoms with E-state index in [2.05, 4.69) is 24.1 Å². The molecule has 0 saturated heterocycles. The molecular formula is C24H44N2NaO6S+. The molecule has 0 fully saturated rings. The van der Waals surface area contributed by atoms with Gasteiger partial charge in [0.15, 0.2) is 0 Å². The molecule has 0 aromatic carbocycles. The number of hydrogen-bond acceptors (Lipinski definition) is 7. The number of ketones is 1. The number of aliphatic hydroxyl groups excluding tert-OH is 2. The summed E-state index contributed by atoms with van der Waals surface area (Å²) in [6.07, 6.45) is 16.1. The number of aliphatic hydroxyl groups is 2. The predicted molar refractivity (Wildman–Crippen MR) is 130 cm³/mol. The van der Waals surface area contributed by atoms with E-state index in [0.717, 1.165) is 25.7 Å². The smallest absolute Gasteiger partial charge is 0.748 e. The molecule has 34 heavy (non-hydrogen) atoms. The van der Waals surface area contributed by atoms with Gasteiger partial charge < -0.3 is 14.8 Å². The summed E-state index contributed by atoms with van der Waals surface area (Å²) < 4.78 is 32.9. The standard InChI is InChI=1S/C24H44N2O6S.Na/c1-2-3-4-5-6-7-8-9-10-11-12-13-14-15-23(29)24-25-16-17-26(24,18-19-27)20-22(28)21-33(30,31)32;/h3-4,22,27-28H,2,5-21H2,1H3;/q;+1/b4-3+;. The summed E-state index contributed by atoms with van der Waals surface area (Å²) in [7, 11) is -4.58. The van der Waals surface area contributed by atoms with Gasteiger partial charge in [-0.05, 0) is 25.7 Å². The summed E-state index contributed by atoms with van der Waals surface area (Å²) in [4.78, 5) is 17.1. The van der Waals surface area contributed by atoms with E-state index in [4.69, 9.17) is 0 Å². The van der Waals surface area contributed by atoms with Gasteiger partial charge in [-0.3, -0.25) is 9.28 Å². The zero-order valence-corrected chi connectivity index (χ0v) is 24.1. The second kappa shape index (κ2) is 19.0. The first-order valence-corrected chi connectivity index (χ1v) is 14.1. The summed E-state index contributed by atoms with van der Waals surface area (Å²) in [5.74, 6) is -0.731. The average molecular weight is 512 g/mol. The number of carbonyl (C=O) groups excluding carboxylic acids is 1. The number of nitrogens with zero attached hydrogens (tertiary/aromatic N) is 2. The maximum Gasteiger partial charge on any atom is 1.00 e. The Morgan fingerprint density at radius 2 is 1.68 bits per heavy atom. The van der Waals surface area contributed by atoms with Crippen molar-refractivity contribution in [3.8, 4) is 0 Å². The predicted octanol–water partition coefficient (Wildman–Crippen LogP) is -0.0559. The molecular weight excluding hydrogens is 467 g/mol. The van der Waals surface area contributed by atoms with Crippen molar-refractivity contribution < 1.29 is 62.0 Å². The first-order chi connectivity index (χ1) is 15.7. The quantitative estimate of drug-likeness (QED) is 0.0775. The van der Waals surface area contributed by atoms with Crippen LogP contribution >= 0.6 is 0 Å². The number of unbranched alkanes of at least 4 members (excludes halogenated alkanes) is 9. The molecule has 1 rings (SSSR count). The number of aliphatic imine (C=N–C) groups is 1. The van der Waals surface area contributed by atoms with Gasteiger partial charge in [-0.15, -0.1) is 0 Å². The Kier molecular flexibility index (Phi) is 19.0. The molecule has 1 aliphatic rings. The molecule has 0 spiro atoms. The van der Waals surface area contributed by atoms with Crippen LogP contribution in [0.25, 0.3) is 0 Å². The van der Waals surface area contributed by atoms with E-state index in [1.54, 1.807) is 0 Å². The molecule has 0 aromatic rings.